The minimum absolute atomic E-state index is 0.140. The highest BCUT2D eigenvalue weighted by atomic mass is 35.5. The van der Waals surface area contributed by atoms with Crippen LogP contribution in [0.3, 0.4) is 0 Å². The van der Waals surface area contributed by atoms with Gasteiger partial charge in [-0.25, -0.2) is 4.79 Å². The molecule has 1 aromatic rings. The predicted molar refractivity (Wildman–Crippen MR) is 74.2 cm³/mol. The van der Waals surface area contributed by atoms with Gasteiger partial charge in [0, 0.05) is 6.61 Å². The summed E-state index contributed by atoms with van der Waals surface area (Å²) in [7, 11) is 0. The maximum absolute atomic E-state index is 10.8. The summed E-state index contributed by atoms with van der Waals surface area (Å²) in [5, 5.41) is 9.12. The Kier molecular flexibility index (Phi) is 6.12. The minimum Gasteiger partial charge on any atom is -0.487 e. The smallest absolute Gasteiger partial charge is 0.335 e. The Morgan fingerprint density at radius 1 is 1.32 bits per heavy atom. The molecule has 0 amide bonds. The molecule has 0 heterocycles. The molecule has 0 aliphatic carbocycles. The molecule has 0 saturated heterocycles. The zero-order chi connectivity index (χ0) is 14.4. The van der Waals surface area contributed by atoms with E-state index in [4.69, 9.17) is 26.2 Å². The summed E-state index contributed by atoms with van der Waals surface area (Å²) >= 11 is 5.97. The number of halogens is 1. The quantitative estimate of drug-likeness (QED) is 0.834. The molecule has 4 nitrogen and oxygen atoms in total. The number of carbonyl (C=O) groups is 1. The number of ether oxygens (including phenoxy) is 2. The molecule has 0 spiro atoms. The first-order valence-electron chi connectivity index (χ1n) is 6.17. The second-order valence-corrected chi connectivity index (χ2v) is 5.22. The van der Waals surface area contributed by atoms with Gasteiger partial charge in [0.2, 0.25) is 0 Å². The second kappa shape index (κ2) is 7.36. The third-order valence-electron chi connectivity index (χ3n) is 2.31. The van der Waals surface area contributed by atoms with Crippen molar-refractivity contribution in [3.8, 4) is 5.75 Å². The van der Waals surface area contributed by atoms with Crippen LogP contribution in [0.1, 0.15) is 31.1 Å². The maximum Gasteiger partial charge on any atom is 0.335 e. The highest BCUT2D eigenvalue weighted by Crippen LogP contribution is 2.26. The molecule has 0 fully saturated rings. The monoisotopic (exact) mass is 286 g/mol. The van der Waals surface area contributed by atoms with Crippen molar-refractivity contribution in [1.29, 1.82) is 0 Å². The van der Waals surface area contributed by atoms with Crippen molar-refractivity contribution in [2.75, 3.05) is 13.2 Å². The first kappa shape index (κ1) is 15.8. The number of carboxylic acid groups (broad SMARTS) is 1. The Bertz CT molecular complexity index is 431. The fourth-order valence-corrected chi connectivity index (χ4v) is 1.68. The van der Waals surface area contributed by atoms with Crippen molar-refractivity contribution in [1.82, 2.24) is 0 Å². The van der Waals surface area contributed by atoms with Gasteiger partial charge >= 0.3 is 5.97 Å². The molecule has 1 unspecified atom stereocenters. The van der Waals surface area contributed by atoms with Crippen LogP contribution < -0.4 is 4.74 Å². The molecule has 0 aliphatic rings. The number of rotatable bonds is 7. The summed E-state index contributed by atoms with van der Waals surface area (Å²) in [5.74, 6) is -0.0697. The summed E-state index contributed by atoms with van der Waals surface area (Å²) < 4.78 is 11.1. The number of aromatic carboxylic acids is 1. The summed E-state index contributed by atoms with van der Waals surface area (Å²) in [4.78, 5) is 10.8. The minimum atomic E-state index is -1.01. The van der Waals surface area contributed by atoms with E-state index in [1.807, 2.05) is 6.92 Å². The van der Waals surface area contributed by atoms with Crippen LogP contribution >= 0.6 is 11.6 Å². The highest BCUT2D eigenvalue weighted by molar-refractivity contribution is 6.32. The van der Waals surface area contributed by atoms with Gasteiger partial charge in [-0.3, -0.25) is 0 Å². The molecular weight excluding hydrogens is 268 g/mol. The van der Waals surface area contributed by atoms with Crippen molar-refractivity contribution >= 4 is 17.6 Å². The van der Waals surface area contributed by atoms with Gasteiger partial charge in [-0.2, -0.15) is 0 Å². The van der Waals surface area contributed by atoms with E-state index in [1.54, 1.807) is 6.07 Å². The standard InChI is InChI=1S/C14H19ClO4/c1-9(2)7-18-8-10(3)19-13-5-4-11(14(16)17)6-12(13)15/h4-6,9-10H,7-8H2,1-3H3,(H,16,17). The lowest BCUT2D eigenvalue weighted by atomic mass is 10.2. The molecule has 1 atom stereocenters. The van der Waals surface area contributed by atoms with Gasteiger partial charge in [0.1, 0.15) is 11.9 Å². The fraction of sp³-hybridized carbons (Fsp3) is 0.500. The van der Waals surface area contributed by atoms with E-state index in [-0.39, 0.29) is 16.7 Å². The topological polar surface area (TPSA) is 55.8 Å². The Morgan fingerprint density at radius 2 is 2.00 bits per heavy atom. The van der Waals surface area contributed by atoms with Gasteiger partial charge in [0.05, 0.1) is 17.2 Å². The van der Waals surface area contributed by atoms with Gasteiger partial charge in [0.15, 0.2) is 0 Å². The van der Waals surface area contributed by atoms with E-state index in [9.17, 15) is 4.79 Å². The van der Waals surface area contributed by atoms with Crippen LogP contribution in [0.2, 0.25) is 5.02 Å². The van der Waals surface area contributed by atoms with E-state index in [1.165, 1.54) is 12.1 Å². The normalized spacial score (nSPS) is 12.5. The predicted octanol–water partition coefficient (Wildman–Crippen LogP) is 3.48. The Hall–Kier alpha value is -1.26. The molecular formula is C14H19ClO4. The van der Waals surface area contributed by atoms with Crippen molar-refractivity contribution in [2.45, 2.75) is 26.9 Å². The SMILES string of the molecule is CC(C)COCC(C)Oc1ccc(C(=O)O)cc1Cl. The summed E-state index contributed by atoms with van der Waals surface area (Å²) in [6.45, 7) is 7.18. The van der Waals surface area contributed by atoms with Crippen LogP contribution in [-0.4, -0.2) is 30.4 Å². The van der Waals surface area contributed by atoms with Crippen molar-refractivity contribution in [3.63, 3.8) is 0 Å². The third-order valence-corrected chi connectivity index (χ3v) is 2.61. The van der Waals surface area contributed by atoms with E-state index in [0.717, 1.165) is 0 Å². The molecule has 0 radical (unpaired) electrons. The summed E-state index contributed by atoms with van der Waals surface area (Å²) in [5.41, 5.74) is 0.140. The molecule has 5 heteroatoms. The first-order chi connectivity index (χ1) is 8.90. The van der Waals surface area contributed by atoms with Crippen LogP contribution in [0.5, 0.6) is 5.75 Å². The molecule has 0 saturated carbocycles. The molecule has 1 aromatic carbocycles. The van der Waals surface area contributed by atoms with Gasteiger partial charge in [0.25, 0.3) is 0 Å². The maximum atomic E-state index is 10.8. The van der Waals surface area contributed by atoms with Gasteiger partial charge in [-0.05, 0) is 31.0 Å². The van der Waals surface area contributed by atoms with Crippen LogP contribution in [0.25, 0.3) is 0 Å². The molecule has 19 heavy (non-hydrogen) atoms. The lowest BCUT2D eigenvalue weighted by molar-refractivity contribution is 0.0454. The fourth-order valence-electron chi connectivity index (χ4n) is 1.45. The van der Waals surface area contributed by atoms with E-state index < -0.39 is 5.97 Å². The first-order valence-corrected chi connectivity index (χ1v) is 6.55. The molecule has 106 valence electrons. The lowest BCUT2D eigenvalue weighted by Gasteiger charge is -2.16. The Morgan fingerprint density at radius 3 is 2.53 bits per heavy atom. The summed E-state index contributed by atoms with van der Waals surface area (Å²) in [6, 6.07) is 4.40. The number of benzene rings is 1. The number of hydrogen-bond acceptors (Lipinski definition) is 3. The van der Waals surface area contributed by atoms with Crippen LogP contribution in [0.15, 0.2) is 18.2 Å². The van der Waals surface area contributed by atoms with E-state index in [2.05, 4.69) is 13.8 Å². The third kappa shape index (κ3) is 5.49. The molecule has 0 aromatic heterocycles. The number of hydrogen-bond donors (Lipinski definition) is 1. The average Bonchev–Trinajstić information content (AvgIpc) is 2.31. The zero-order valence-corrected chi connectivity index (χ0v) is 12.1. The molecule has 1 N–H and O–H groups in total. The highest BCUT2D eigenvalue weighted by Gasteiger charge is 2.11. The van der Waals surface area contributed by atoms with Crippen molar-refractivity contribution in [3.05, 3.63) is 28.8 Å². The van der Waals surface area contributed by atoms with E-state index >= 15 is 0 Å². The largest absolute Gasteiger partial charge is 0.487 e. The average molecular weight is 287 g/mol. The Balaban J connectivity index is 2.54. The molecule has 1 rings (SSSR count). The van der Waals surface area contributed by atoms with Gasteiger partial charge in [-0.15, -0.1) is 0 Å². The Labute approximate surface area is 118 Å². The van der Waals surface area contributed by atoms with Crippen LogP contribution in [0, 0.1) is 5.92 Å². The van der Waals surface area contributed by atoms with Crippen molar-refractivity contribution in [2.24, 2.45) is 5.92 Å². The van der Waals surface area contributed by atoms with Gasteiger partial charge in [-0.1, -0.05) is 25.4 Å². The molecule has 0 bridgehead atoms. The lowest BCUT2D eigenvalue weighted by Crippen LogP contribution is -2.20. The van der Waals surface area contributed by atoms with E-state index in [0.29, 0.717) is 24.9 Å². The van der Waals surface area contributed by atoms with Crippen LogP contribution in [0.4, 0.5) is 0 Å². The van der Waals surface area contributed by atoms with Gasteiger partial charge < -0.3 is 14.6 Å². The summed E-state index contributed by atoms with van der Waals surface area (Å²) in [6.07, 6.45) is -0.146. The molecule has 0 aliphatic heterocycles. The second-order valence-electron chi connectivity index (χ2n) is 4.81. The zero-order valence-electron chi connectivity index (χ0n) is 11.4. The van der Waals surface area contributed by atoms with Crippen molar-refractivity contribution < 1.29 is 19.4 Å². The van der Waals surface area contributed by atoms with Crippen LogP contribution in [-0.2, 0) is 4.74 Å². The number of carboxylic acids is 1.